The second-order valence-electron chi connectivity index (χ2n) is 10.4. The number of imidazole rings is 1. The molecule has 1 N–H and O–H groups in total. The molecule has 1 aliphatic carbocycles. The lowest BCUT2D eigenvalue weighted by atomic mass is 9.88. The van der Waals surface area contributed by atoms with Crippen LogP contribution in [0.5, 0.6) is 5.75 Å². The number of aryl methyl sites for hydroxylation is 1. The highest BCUT2D eigenvalue weighted by atomic mass is 19.1. The highest BCUT2D eigenvalue weighted by molar-refractivity contribution is 5.83. The fourth-order valence-corrected chi connectivity index (χ4v) is 6.00. The summed E-state index contributed by atoms with van der Waals surface area (Å²) in [4.78, 5) is 31.7. The number of nitrogens with zero attached hydrogens (tertiary/aromatic N) is 3. The lowest BCUT2D eigenvalue weighted by molar-refractivity contribution is -0.139. The summed E-state index contributed by atoms with van der Waals surface area (Å²) in [6.45, 7) is 2.68. The van der Waals surface area contributed by atoms with Crippen LogP contribution in [0.1, 0.15) is 72.0 Å². The van der Waals surface area contributed by atoms with Gasteiger partial charge in [0.2, 0.25) is 0 Å². The fraction of sp³-hybridized carbons (Fsp3) is 0.483. The SMILES string of the molecule is COC(=O)N1CCc2ccc3c(nc(C4CCCCC4)n3C[C@@H](C(=O)O)c3cc(F)c(C)cc3OC)c2C1. The predicted molar refractivity (Wildman–Crippen MR) is 140 cm³/mol. The maximum atomic E-state index is 14.6. The zero-order valence-corrected chi connectivity index (χ0v) is 22.1. The van der Waals surface area contributed by atoms with Crippen LogP contribution < -0.4 is 4.74 Å². The third kappa shape index (κ3) is 4.70. The molecule has 2 aliphatic rings. The topological polar surface area (TPSA) is 93.9 Å². The number of aliphatic carboxylic acids is 1. The summed E-state index contributed by atoms with van der Waals surface area (Å²) in [6, 6.07) is 6.89. The predicted octanol–water partition coefficient (Wildman–Crippen LogP) is 5.53. The van der Waals surface area contributed by atoms with E-state index in [-0.39, 0.29) is 18.6 Å². The van der Waals surface area contributed by atoms with Gasteiger partial charge in [0.05, 0.1) is 31.8 Å². The number of rotatable bonds is 6. The molecule has 1 fully saturated rings. The Bertz CT molecular complexity index is 1380. The summed E-state index contributed by atoms with van der Waals surface area (Å²) >= 11 is 0. The number of halogens is 1. The van der Waals surface area contributed by atoms with E-state index in [0.717, 1.165) is 53.7 Å². The van der Waals surface area contributed by atoms with Gasteiger partial charge in [-0.2, -0.15) is 0 Å². The van der Waals surface area contributed by atoms with Crippen molar-refractivity contribution in [3.63, 3.8) is 0 Å². The molecule has 0 radical (unpaired) electrons. The number of ether oxygens (including phenoxy) is 2. The number of hydrogen-bond acceptors (Lipinski definition) is 5. The Morgan fingerprint density at radius 1 is 1.18 bits per heavy atom. The number of fused-ring (bicyclic) bond motifs is 3. The van der Waals surface area contributed by atoms with Gasteiger partial charge in [0.15, 0.2) is 0 Å². The Morgan fingerprint density at radius 2 is 1.95 bits per heavy atom. The van der Waals surface area contributed by atoms with Gasteiger partial charge in [-0.1, -0.05) is 25.3 Å². The Balaban J connectivity index is 1.65. The Morgan fingerprint density at radius 3 is 2.63 bits per heavy atom. The fourth-order valence-electron chi connectivity index (χ4n) is 6.00. The van der Waals surface area contributed by atoms with Gasteiger partial charge in [0.25, 0.3) is 0 Å². The van der Waals surface area contributed by atoms with E-state index in [1.807, 2.05) is 10.6 Å². The lowest BCUT2D eigenvalue weighted by Crippen LogP contribution is -2.35. The first-order valence-electron chi connectivity index (χ1n) is 13.2. The Hall–Kier alpha value is -3.62. The van der Waals surface area contributed by atoms with Crippen molar-refractivity contribution in [1.82, 2.24) is 14.5 Å². The molecule has 0 unspecified atom stereocenters. The van der Waals surface area contributed by atoms with Crippen LogP contribution >= 0.6 is 0 Å². The van der Waals surface area contributed by atoms with Crippen LogP contribution in [0.15, 0.2) is 24.3 Å². The van der Waals surface area contributed by atoms with Crippen LogP contribution in [-0.2, 0) is 29.0 Å². The molecule has 9 heteroatoms. The number of carboxylic acids is 1. The summed E-state index contributed by atoms with van der Waals surface area (Å²) in [5.74, 6) is -1.14. The molecule has 5 rings (SSSR count). The number of carboxylic acid groups (broad SMARTS) is 1. The van der Waals surface area contributed by atoms with Crippen molar-refractivity contribution in [2.24, 2.45) is 0 Å². The molecule has 1 aliphatic heterocycles. The van der Waals surface area contributed by atoms with Crippen molar-refractivity contribution in [1.29, 1.82) is 0 Å². The molecule has 1 amide bonds. The number of amides is 1. The molecule has 2 heterocycles. The van der Waals surface area contributed by atoms with Crippen molar-refractivity contribution in [3.05, 3.63) is 58.2 Å². The molecule has 38 heavy (non-hydrogen) atoms. The molecule has 1 aromatic heterocycles. The molecule has 1 saturated carbocycles. The molecule has 0 saturated heterocycles. The minimum Gasteiger partial charge on any atom is -0.496 e. The van der Waals surface area contributed by atoms with E-state index in [4.69, 9.17) is 14.5 Å². The largest absolute Gasteiger partial charge is 0.496 e. The zero-order valence-electron chi connectivity index (χ0n) is 22.1. The lowest BCUT2D eigenvalue weighted by Gasteiger charge is -2.27. The smallest absolute Gasteiger partial charge is 0.409 e. The van der Waals surface area contributed by atoms with Gasteiger partial charge in [-0.15, -0.1) is 0 Å². The van der Waals surface area contributed by atoms with Gasteiger partial charge in [0, 0.05) is 30.1 Å². The van der Waals surface area contributed by atoms with Crippen LogP contribution in [-0.4, -0.2) is 52.4 Å². The zero-order chi connectivity index (χ0) is 27.0. The first kappa shape index (κ1) is 26.0. The second-order valence-corrected chi connectivity index (χ2v) is 10.4. The van der Waals surface area contributed by atoms with Crippen molar-refractivity contribution in [3.8, 4) is 5.75 Å². The van der Waals surface area contributed by atoms with Gasteiger partial charge < -0.3 is 24.0 Å². The highest BCUT2D eigenvalue weighted by Crippen LogP contribution is 2.38. The van der Waals surface area contributed by atoms with Gasteiger partial charge >= 0.3 is 12.1 Å². The van der Waals surface area contributed by atoms with E-state index in [0.29, 0.717) is 36.4 Å². The van der Waals surface area contributed by atoms with Crippen molar-refractivity contribution < 1.29 is 28.6 Å². The molecule has 3 aromatic rings. The first-order chi connectivity index (χ1) is 18.3. The van der Waals surface area contributed by atoms with Crippen LogP contribution in [0.2, 0.25) is 0 Å². The summed E-state index contributed by atoms with van der Waals surface area (Å²) in [5.41, 5.74) is 4.42. The average molecular weight is 524 g/mol. The molecule has 1 atom stereocenters. The van der Waals surface area contributed by atoms with Gasteiger partial charge in [0.1, 0.15) is 23.3 Å². The average Bonchev–Trinajstić information content (AvgIpc) is 3.31. The number of aromatic nitrogens is 2. The molecule has 2 aromatic carbocycles. The molecule has 0 bridgehead atoms. The summed E-state index contributed by atoms with van der Waals surface area (Å²) in [5, 5.41) is 10.3. The maximum absolute atomic E-state index is 14.6. The van der Waals surface area contributed by atoms with E-state index < -0.39 is 17.7 Å². The summed E-state index contributed by atoms with van der Waals surface area (Å²) in [6.07, 6.45) is 5.67. The summed E-state index contributed by atoms with van der Waals surface area (Å²) in [7, 11) is 2.84. The third-order valence-corrected chi connectivity index (χ3v) is 8.10. The van der Waals surface area contributed by atoms with Gasteiger partial charge in [-0.3, -0.25) is 4.79 Å². The van der Waals surface area contributed by atoms with E-state index in [1.165, 1.54) is 26.7 Å². The second kappa shape index (κ2) is 10.6. The molecule has 8 nitrogen and oxygen atoms in total. The van der Waals surface area contributed by atoms with Crippen molar-refractivity contribution in [2.75, 3.05) is 20.8 Å². The molecular formula is C29H34FN3O5. The highest BCUT2D eigenvalue weighted by Gasteiger charge is 2.32. The van der Waals surface area contributed by atoms with E-state index in [1.54, 1.807) is 17.9 Å². The van der Waals surface area contributed by atoms with E-state index in [2.05, 4.69) is 6.07 Å². The van der Waals surface area contributed by atoms with E-state index >= 15 is 0 Å². The van der Waals surface area contributed by atoms with Crippen molar-refractivity contribution >= 4 is 23.1 Å². The maximum Gasteiger partial charge on any atom is 0.409 e. The van der Waals surface area contributed by atoms with Crippen LogP contribution in [0, 0.1) is 12.7 Å². The number of hydrogen-bond donors (Lipinski definition) is 1. The monoisotopic (exact) mass is 523 g/mol. The third-order valence-electron chi connectivity index (χ3n) is 8.10. The molecule has 0 spiro atoms. The number of methoxy groups -OCH3 is 2. The van der Waals surface area contributed by atoms with Crippen LogP contribution in [0.4, 0.5) is 9.18 Å². The molecule has 202 valence electrons. The number of benzene rings is 2. The van der Waals surface area contributed by atoms with Gasteiger partial charge in [-0.25, -0.2) is 14.2 Å². The quantitative estimate of drug-likeness (QED) is 0.456. The Kier molecular flexibility index (Phi) is 7.27. The van der Waals surface area contributed by atoms with Crippen molar-refractivity contribution in [2.45, 2.75) is 70.4 Å². The van der Waals surface area contributed by atoms with Crippen LogP contribution in [0.3, 0.4) is 0 Å². The van der Waals surface area contributed by atoms with E-state index in [9.17, 15) is 19.1 Å². The first-order valence-corrected chi connectivity index (χ1v) is 13.2. The Labute approximate surface area is 221 Å². The van der Waals surface area contributed by atoms with Crippen LogP contribution in [0.25, 0.3) is 11.0 Å². The number of carbonyl (C=O) groups excluding carboxylic acids is 1. The number of carbonyl (C=O) groups is 2. The minimum absolute atomic E-state index is 0.0933. The van der Waals surface area contributed by atoms with Gasteiger partial charge in [-0.05, 0) is 55.5 Å². The summed E-state index contributed by atoms with van der Waals surface area (Å²) < 4.78 is 27.1. The standard InChI is InChI=1S/C29H34FN3O5/c1-17-13-25(37-2)20(14-23(17)30)22(28(34)35)16-33-24-10-9-18-11-12-32(29(36)38-3)15-21(18)26(24)31-27(33)19-7-5-4-6-8-19/h9-10,13-14,19,22H,4-8,11-12,15-16H2,1-3H3,(H,34,35)/t22-/m1/s1. The minimum atomic E-state index is -1.06. The normalized spacial score (nSPS) is 16.8. The molecular weight excluding hydrogens is 489 g/mol.